The quantitative estimate of drug-likeness (QED) is 0.688. The first-order valence-electron chi connectivity index (χ1n) is 9.58. The fraction of sp³-hybridized carbons (Fsp3) is 0.381. The molecule has 6 nitrogen and oxygen atoms in total. The number of carbonyl (C=O) groups is 2. The number of carbonyl (C=O) groups excluding carboxylic acids is 2. The van der Waals surface area contributed by atoms with E-state index in [4.69, 9.17) is 9.47 Å². The zero-order valence-corrected chi connectivity index (χ0v) is 15.9. The van der Waals surface area contributed by atoms with Crippen LogP contribution in [-0.4, -0.2) is 48.8 Å². The number of halogens is 3. The van der Waals surface area contributed by atoms with Crippen molar-refractivity contribution in [2.75, 3.05) is 24.8 Å². The van der Waals surface area contributed by atoms with Crippen molar-refractivity contribution in [2.45, 2.75) is 31.5 Å². The highest BCUT2D eigenvalue weighted by Crippen LogP contribution is 2.32. The molecule has 2 heterocycles. The molecule has 0 N–H and O–H groups in total. The van der Waals surface area contributed by atoms with Crippen LogP contribution in [0.15, 0.2) is 30.5 Å². The molecule has 2 aliphatic rings. The lowest BCUT2D eigenvalue weighted by atomic mass is 10.1. The Hall–Kier alpha value is -3.10. The van der Waals surface area contributed by atoms with Gasteiger partial charge >= 0.3 is 0 Å². The second kappa shape index (κ2) is 8.33. The van der Waals surface area contributed by atoms with Crippen molar-refractivity contribution in [3.8, 4) is 11.6 Å². The summed E-state index contributed by atoms with van der Waals surface area (Å²) in [6.45, 7) is -1.63. The average molecular weight is 420 g/mol. The molecule has 158 valence electrons. The average Bonchev–Trinajstić information content (AvgIpc) is 3.30. The summed E-state index contributed by atoms with van der Waals surface area (Å²) in [4.78, 5) is 30.0. The highest BCUT2D eigenvalue weighted by Gasteiger charge is 2.36. The van der Waals surface area contributed by atoms with Crippen molar-refractivity contribution in [3.63, 3.8) is 0 Å². The standard InChI is InChI=1S/C21H19F3N2O4/c22-9-14(10-23)30-20-4-1-13(11-25-20)29-19-5-6-26(21(19)28)12-7-16-15(17(24)8-12)2-3-18(16)27/h1,4,7-8,11,14,19H,2-3,5-6,9-10H2/t19-/m1/s1. The molecule has 0 radical (unpaired) electrons. The van der Waals surface area contributed by atoms with Crippen LogP contribution in [0.1, 0.15) is 28.8 Å². The van der Waals surface area contributed by atoms with Crippen molar-refractivity contribution in [1.82, 2.24) is 4.98 Å². The number of Topliss-reactive ketones (excluding diaryl/α,β-unsaturated/α-hetero) is 1. The molecule has 0 saturated carbocycles. The van der Waals surface area contributed by atoms with Gasteiger partial charge < -0.3 is 14.4 Å². The zero-order valence-electron chi connectivity index (χ0n) is 15.9. The Labute approximate surface area is 170 Å². The number of amides is 1. The van der Waals surface area contributed by atoms with Crippen LogP contribution in [0, 0.1) is 5.82 Å². The molecule has 1 amide bonds. The number of aromatic nitrogens is 1. The predicted octanol–water partition coefficient (Wildman–Crippen LogP) is 3.22. The van der Waals surface area contributed by atoms with Crippen LogP contribution in [0.4, 0.5) is 18.9 Å². The molecule has 1 fully saturated rings. The van der Waals surface area contributed by atoms with Crippen LogP contribution >= 0.6 is 0 Å². The molecular weight excluding hydrogens is 401 g/mol. The number of ether oxygens (including phenoxy) is 2. The molecule has 1 aliphatic carbocycles. The van der Waals surface area contributed by atoms with Gasteiger partial charge in [-0.2, -0.15) is 0 Å². The Bertz CT molecular complexity index is 963. The monoisotopic (exact) mass is 420 g/mol. The normalized spacial score (nSPS) is 18.3. The number of ketones is 1. The maximum Gasteiger partial charge on any atom is 0.268 e. The number of pyridine rings is 1. The van der Waals surface area contributed by atoms with Crippen molar-refractivity contribution >= 4 is 17.4 Å². The third kappa shape index (κ3) is 3.83. The lowest BCUT2D eigenvalue weighted by Crippen LogP contribution is -2.32. The van der Waals surface area contributed by atoms with Gasteiger partial charge in [-0.1, -0.05) is 0 Å². The van der Waals surface area contributed by atoms with Crippen LogP contribution in [0.25, 0.3) is 0 Å². The smallest absolute Gasteiger partial charge is 0.268 e. The van der Waals surface area contributed by atoms with E-state index in [1.54, 1.807) is 6.07 Å². The van der Waals surface area contributed by atoms with Gasteiger partial charge in [0.2, 0.25) is 5.88 Å². The molecule has 4 rings (SSSR count). The fourth-order valence-electron chi connectivity index (χ4n) is 3.62. The van der Waals surface area contributed by atoms with Crippen molar-refractivity contribution in [1.29, 1.82) is 0 Å². The summed E-state index contributed by atoms with van der Waals surface area (Å²) in [5, 5.41) is 0. The Balaban J connectivity index is 1.44. The van der Waals surface area contributed by atoms with Crippen molar-refractivity contribution < 1.29 is 32.2 Å². The lowest BCUT2D eigenvalue weighted by Gasteiger charge is -2.18. The molecule has 1 aromatic heterocycles. The molecule has 9 heteroatoms. The minimum atomic E-state index is -1.21. The predicted molar refractivity (Wildman–Crippen MR) is 101 cm³/mol. The molecular formula is C21H19F3N2O4. The van der Waals surface area contributed by atoms with Crippen LogP contribution in [0.5, 0.6) is 11.6 Å². The van der Waals surface area contributed by atoms with E-state index in [2.05, 4.69) is 4.98 Å². The molecule has 2 aromatic rings. The summed E-state index contributed by atoms with van der Waals surface area (Å²) < 4.78 is 50.1. The number of hydrogen-bond donors (Lipinski definition) is 0. The van der Waals surface area contributed by atoms with Crippen LogP contribution in [-0.2, 0) is 11.2 Å². The molecule has 0 spiro atoms. The van der Waals surface area contributed by atoms with E-state index in [9.17, 15) is 22.8 Å². The Kier molecular flexibility index (Phi) is 5.61. The van der Waals surface area contributed by atoms with Crippen LogP contribution in [0.2, 0.25) is 0 Å². The third-order valence-electron chi connectivity index (χ3n) is 5.17. The summed E-state index contributed by atoms with van der Waals surface area (Å²) in [6.07, 6.45) is 0.315. The molecule has 1 aliphatic heterocycles. The number of fused-ring (bicyclic) bond motifs is 1. The third-order valence-corrected chi connectivity index (χ3v) is 5.17. The molecule has 1 saturated heterocycles. The topological polar surface area (TPSA) is 68.7 Å². The summed E-state index contributed by atoms with van der Waals surface area (Å²) in [7, 11) is 0. The number of hydrogen-bond acceptors (Lipinski definition) is 5. The van der Waals surface area contributed by atoms with Gasteiger partial charge in [-0.25, -0.2) is 18.2 Å². The minimum Gasteiger partial charge on any atom is -0.479 e. The Morgan fingerprint density at radius 2 is 1.97 bits per heavy atom. The van der Waals surface area contributed by atoms with Crippen LogP contribution < -0.4 is 14.4 Å². The van der Waals surface area contributed by atoms with E-state index in [0.717, 1.165) is 0 Å². The molecule has 0 bridgehead atoms. The SMILES string of the molecule is O=C1CCc2c(F)cc(N3CC[C@@H](Oc4ccc(OC(CF)CF)nc4)C3=O)cc21. The minimum absolute atomic E-state index is 0.0420. The number of benzene rings is 1. The van der Waals surface area contributed by atoms with E-state index < -0.39 is 31.4 Å². The van der Waals surface area contributed by atoms with E-state index in [0.29, 0.717) is 36.2 Å². The number of nitrogens with zero attached hydrogens (tertiary/aromatic N) is 2. The maximum absolute atomic E-state index is 14.3. The largest absolute Gasteiger partial charge is 0.479 e. The number of alkyl halides is 2. The Morgan fingerprint density at radius 1 is 1.17 bits per heavy atom. The maximum atomic E-state index is 14.3. The second-order valence-corrected chi connectivity index (χ2v) is 7.14. The van der Waals surface area contributed by atoms with E-state index in [-0.39, 0.29) is 29.7 Å². The second-order valence-electron chi connectivity index (χ2n) is 7.14. The van der Waals surface area contributed by atoms with Gasteiger partial charge in [0.05, 0.1) is 6.20 Å². The first-order chi connectivity index (χ1) is 14.5. The summed E-state index contributed by atoms with van der Waals surface area (Å²) in [6, 6.07) is 5.72. The number of rotatable bonds is 7. The zero-order chi connectivity index (χ0) is 21.3. The van der Waals surface area contributed by atoms with Gasteiger partial charge in [0.1, 0.15) is 24.9 Å². The van der Waals surface area contributed by atoms with Gasteiger partial charge in [0.15, 0.2) is 18.0 Å². The highest BCUT2D eigenvalue weighted by molar-refractivity contribution is 6.04. The Morgan fingerprint density at radius 3 is 2.67 bits per heavy atom. The molecule has 30 heavy (non-hydrogen) atoms. The van der Waals surface area contributed by atoms with E-state index >= 15 is 0 Å². The van der Waals surface area contributed by atoms with Crippen molar-refractivity contribution in [2.24, 2.45) is 0 Å². The first kappa shape index (κ1) is 20.2. The number of anilines is 1. The van der Waals surface area contributed by atoms with E-state index in [1.165, 1.54) is 29.3 Å². The van der Waals surface area contributed by atoms with Crippen molar-refractivity contribution in [3.05, 3.63) is 47.4 Å². The molecule has 0 unspecified atom stereocenters. The van der Waals surface area contributed by atoms with Crippen LogP contribution in [0.3, 0.4) is 0 Å². The summed E-state index contributed by atoms with van der Waals surface area (Å²) in [5.41, 5.74) is 1.07. The van der Waals surface area contributed by atoms with Gasteiger partial charge in [-0.3, -0.25) is 9.59 Å². The lowest BCUT2D eigenvalue weighted by molar-refractivity contribution is -0.122. The first-order valence-corrected chi connectivity index (χ1v) is 9.58. The molecule has 1 aromatic carbocycles. The van der Waals surface area contributed by atoms with Gasteiger partial charge in [-0.15, -0.1) is 0 Å². The van der Waals surface area contributed by atoms with Gasteiger partial charge in [0, 0.05) is 36.7 Å². The van der Waals surface area contributed by atoms with E-state index in [1.807, 2.05) is 0 Å². The van der Waals surface area contributed by atoms with Gasteiger partial charge in [0.25, 0.3) is 5.91 Å². The van der Waals surface area contributed by atoms with Gasteiger partial charge in [-0.05, 0) is 30.2 Å². The summed E-state index contributed by atoms with van der Waals surface area (Å²) in [5.74, 6) is -0.628. The molecule has 1 atom stereocenters. The summed E-state index contributed by atoms with van der Waals surface area (Å²) >= 11 is 0. The fourth-order valence-corrected chi connectivity index (χ4v) is 3.62. The highest BCUT2D eigenvalue weighted by atomic mass is 19.1.